The first-order chi connectivity index (χ1) is 9.06. The maximum Gasteiger partial charge on any atom is 0.382 e. The Morgan fingerprint density at radius 1 is 1.32 bits per heavy atom. The number of halogens is 1. The molecule has 6 nitrogen and oxygen atoms in total. The molecule has 0 aromatic carbocycles. The highest BCUT2D eigenvalue weighted by Crippen LogP contribution is 2.13. The maximum atomic E-state index is 11.9. The third-order valence-corrected chi connectivity index (χ3v) is 3.01. The van der Waals surface area contributed by atoms with E-state index in [-0.39, 0.29) is 22.2 Å². The lowest BCUT2D eigenvalue weighted by molar-refractivity contribution is 0.0455. The zero-order valence-electron chi connectivity index (χ0n) is 9.52. The second-order valence-corrected chi connectivity index (χ2v) is 4.92. The smallest absolute Gasteiger partial charge is 0.330 e. The van der Waals surface area contributed by atoms with E-state index < -0.39 is 16.7 Å². The molecule has 0 amide bonds. The molecule has 2 heterocycles. The van der Waals surface area contributed by atoms with Crippen molar-refractivity contribution in [3.63, 3.8) is 0 Å². The Morgan fingerprint density at radius 2 is 2.00 bits per heavy atom. The van der Waals surface area contributed by atoms with Crippen molar-refractivity contribution in [3.8, 4) is 0 Å². The van der Waals surface area contributed by atoms with Gasteiger partial charge in [-0.05, 0) is 18.2 Å². The molecule has 100 valence electrons. The van der Waals surface area contributed by atoms with E-state index in [0.29, 0.717) is 0 Å². The zero-order chi connectivity index (χ0) is 13.8. The molecule has 0 bridgehead atoms. The van der Waals surface area contributed by atoms with Crippen LogP contribution in [0, 0.1) is 0 Å². The van der Waals surface area contributed by atoms with E-state index in [1.165, 1.54) is 29.3 Å². The van der Waals surface area contributed by atoms with Crippen LogP contribution in [0.1, 0.15) is 16.1 Å². The van der Waals surface area contributed by atoms with Gasteiger partial charge in [-0.3, -0.25) is 0 Å². The van der Waals surface area contributed by atoms with Crippen LogP contribution in [-0.4, -0.2) is 24.1 Å². The van der Waals surface area contributed by atoms with Crippen molar-refractivity contribution in [1.82, 2.24) is 9.71 Å². The number of hydrogen-bond donors (Lipinski definition) is 1. The van der Waals surface area contributed by atoms with E-state index in [1.807, 2.05) is 0 Å². The largest absolute Gasteiger partial charge is 0.382 e. The van der Waals surface area contributed by atoms with Crippen molar-refractivity contribution in [2.75, 3.05) is 0 Å². The fourth-order valence-electron chi connectivity index (χ4n) is 1.43. The summed E-state index contributed by atoms with van der Waals surface area (Å²) < 4.78 is 22.7. The van der Waals surface area contributed by atoms with Gasteiger partial charge in [0.05, 0.1) is 5.75 Å². The highest BCUT2D eigenvalue weighted by atomic mass is 35.5. The van der Waals surface area contributed by atoms with Gasteiger partial charge < -0.3 is 4.84 Å². The summed E-state index contributed by atoms with van der Waals surface area (Å²) in [4.78, 5) is 20.7. The van der Waals surface area contributed by atoms with Crippen LogP contribution < -0.4 is 4.84 Å². The molecular weight excluding hydrogens is 292 g/mol. The third-order valence-electron chi connectivity index (χ3n) is 2.20. The summed E-state index contributed by atoms with van der Waals surface area (Å²) in [6, 6.07) is 6.21. The van der Waals surface area contributed by atoms with Gasteiger partial charge in [0.2, 0.25) is 0 Å². The van der Waals surface area contributed by atoms with Crippen molar-refractivity contribution in [3.05, 3.63) is 53.1 Å². The van der Waals surface area contributed by atoms with Crippen LogP contribution in [0.4, 0.5) is 0 Å². The Kier molecular flexibility index (Phi) is 4.18. The number of carbonyl (C=O) groups is 1. The number of pyridine rings is 1. The minimum Gasteiger partial charge on any atom is -0.330 e. The molecule has 0 saturated carbocycles. The number of rotatable bonds is 4. The van der Waals surface area contributed by atoms with Gasteiger partial charge in [-0.25, -0.2) is 18.2 Å². The Morgan fingerprint density at radius 3 is 2.63 bits per heavy atom. The molecule has 0 aliphatic carbocycles. The van der Waals surface area contributed by atoms with Crippen LogP contribution in [0.25, 0.3) is 0 Å². The van der Waals surface area contributed by atoms with E-state index >= 15 is 0 Å². The summed E-state index contributed by atoms with van der Waals surface area (Å²) in [7, 11) is -2.68. The molecular formula is C11H9ClN2O4S. The lowest BCUT2D eigenvalue weighted by atomic mass is 10.2. The molecule has 0 aliphatic heterocycles. The standard InChI is InChI=1S/C11H9ClN2O4S/c12-9-4-3-8(7-19(16)17)10(13-9)11(15)18-14-5-1-2-6-14/h1-6,19H,7H2. The Bertz CT molecular complexity index is 659. The highest BCUT2D eigenvalue weighted by molar-refractivity contribution is 7.71. The van der Waals surface area contributed by atoms with Crippen molar-refractivity contribution < 1.29 is 18.0 Å². The molecule has 0 saturated heterocycles. The predicted molar refractivity (Wildman–Crippen MR) is 68.6 cm³/mol. The number of hydrogen-bond acceptors (Lipinski definition) is 5. The van der Waals surface area contributed by atoms with Gasteiger partial charge >= 0.3 is 5.97 Å². The first kappa shape index (κ1) is 13.6. The fourth-order valence-corrected chi connectivity index (χ4v) is 2.11. The average Bonchev–Trinajstić information content (AvgIpc) is 2.83. The molecule has 0 aliphatic rings. The molecule has 2 aromatic heterocycles. The van der Waals surface area contributed by atoms with Crippen LogP contribution in [0.15, 0.2) is 36.7 Å². The maximum absolute atomic E-state index is 11.9. The molecule has 0 N–H and O–H groups in total. The van der Waals surface area contributed by atoms with Gasteiger partial charge in [-0.2, -0.15) is 4.73 Å². The Hall–Kier alpha value is -1.86. The summed E-state index contributed by atoms with van der Waals surface area (Å²) >= 11 is 5.70. The fraction of sp³-hybridized carbons (Fsp3) is 0.0909. The summed E-state index contributed by atoms with van der Waals surface area (Å²) in [5, 5.41) is 0.0873. The lowest BCUT2D eigenvalue weighted by Gasteiger charge is -2.07. The van der Waals surface area contributed by atoms with Gasteiger partial charge in [0, 0.05) is 18.0 Å². The molecule has 19 heavy (non-hydrogen) atoms. The minimum atomic E-state index is -2.68. The van der Waals surface area contributed by atoms with E-state index in [2.05, 4.69) is 4.98 Å². The van der Waals surface area contributed by atoms with Crippen LogP contribution in [0.5, 0.6) is 0 Å². The van der Waals surface area contributed by atoms with Crippen LogP contribution in [0.2, 0.25) is 5.15 Å². The van der Waals surface area contributed by atoms with Crippen LogP contribution in [-0.2, 0) is 16.5 Å². The molecule has 8 heteroatoms. The monoisotopic (exact) mass is 300 g/mol. The average molecular weight is 301 g/mol. The first-order valence-electron chi connectivity index (χ1n) is 5.19. The highest BCUT2D eigenvalue weighted by Gasteiger charge is 2.17. The van der Waals surface area contributed by atoms with E-state index in [1.54, 1.807) is 12.1 Å². The SMILES string of the molecule is O=C(On1cccc1)c1nc(Cl)ccc1C[SH](=O)=O. The molecule has 2 rings (SSSR count). The van der Waals surface area contributed by atoms with Crippen molar-refractivity contribution >= 4 is 28.3 Å². The van der Waals surface area contributed by atoms with E-state index in [4.69, 9.17) is 16.4 Å². The molecule has 0 unspecified atom stereocenters. The summed E-state index contributed by atoms with van der Waals surface area (Å²) in [5.74, 6) is -1.07. The lowest BCUT2D eigenvalue weighted by Crippen LogP contribution is -2.21. The van der Waals surface area contributed by atoms with Gasteiger partial charge in [0.25, 0.3) is 0 Å². The van der Waals surface area contributed by atoms with Gasteiger partial charge in [-0.1, -0.05) is 17.7 Å². The van der Waals surface area contributed by atoms with E-state index in [0.717, 1.165) is 0 Å². The predicted octanol–water partition coefficient (Wildman–Crippen LogP) is 0.917. The molecule has 0 radical (unpaired) electrons. The van der Waals surface area contributed by atoms with E-state index in [9.17, 15) is 13.2 Å². The van der Waals surface area contributed by atoms with Crippen LogP contribution >= 0.6 is 11.6 Å². The van der Waals surface area contributed by atoms with Crippen molar-refractivity contribution in [1.29, 1.82) is 0 Å². The quantitative estimate of drug-likeness (QED) is 0.671. The molecule has 2 aromatic rings. The topological polar surface area (TPSA) is 78.3 Å². The van der Waals surface area contributed by atoms with Gasteiger partial charge in [0.15, 0.2) is 5.69 Å². The molecule has 0 atom stereocenters. The third kappa shape index (κ3) is 3.55. The molecule has 0 fully saturated rings. The normalized spacial score (nSPS) is 10.6. The zero-order valence-corrected chi connectivity index (χ0v) is 11.2. The van der Waals surface area contributed by atoms with Crippen molar-refractivity contribution in [2.45, 2.75) is 5.75 Å². The number of nitrogens with zero attached hydrogens (tertiary/aromatic N) is 2. The van der Waals surface area contributed by atoms with Gasteiger partial charge in [0.1, 0.15) is 15.9 Å². The Labute approximate surface area is 115 Å². The van der Waals surface area contributed by atoms with Crippen molar-refractivity contribution in [2.24, 2.45) is 0 Å². The van der Waals surface area contributed by atoms with Gasteiger partial charge in [-0.15, -0.1) is 0 Å². The molecule has 0 spiro atoms. The number of thiol groups is 1. The second kappa shape index (κ2) is 5.85. The summed E-state index contributed by atoms with van der Waals surface area (Å²) in [6.07, 6.45) is 3.05. The summed E-state index contributed by atoms with van der Waals surface area (Å²) in [6.45, 7) is 0. The number of carbonyl (C=O) groups excluding carboxylic acids is 1. The summed E-state index contributed by atoms with van der Waals surface area (Å²) in [5.41, 5.74) is 0.137. The van der Waals surface area contributed by atoms with Crippen LogP contribution in [0.3, 0.4) is 0 Å². The second-order valence-electron chi connectivity index (χ2n) is 3.55. The number of aromatic nitrogens is 2. The first-order valence-corrected chi connectivity index (χ1v) is 6.93. The Balaban J connectivity index is 2.31. The minimum absolute atomic E-state index is 0.0873.